The molecule has 1 N–H and O–H groups in total. The summed E-state index contributed by atoms with van der Waals surface area (Å²) in [6.07, 6.45) is -1.87. The van der Waals surface area contributed by atoms with Crippen molar-refractivity contribution in [3.63, 3.8) is 0 Å². The number of halogens is 4. The van der Waals surface area contributed by atoms with E-state index in [9.17, 15) is 18.0 Å². The molecule has 1 atom stereocenters. The van der Waals surface area contributed by atoms with Crippen LogP contribution in [0.4, 0.5) is 18.9 Å². The molecule has 2 aromatic rings. The SMILES string of the molecule is O=c1cc(CC(F)(F)F)cnn1CC1CC2=C(S1)C(c1cc(Cl)cc3c1NCCC3)=C=C=N2. The van der Waals surface area contributed by atoms with Gasteiger partial charge in [-0.1, -0.05) is 11.6 Å². The molecule has 0 aliphatic carbocycles. The van der Waals surface area contributed by atoms with Crippen LogP contribution in [0.5, 0.6) is 0 Å². The molecular weight excluding hydrogens is 473 g/mol. The Labute approximate surface area is 196 Å². The molecule has 5 nitrogen and oxygen atoms in total. The van der Waals surface area contributed by atoms with Crippen LogP contribution in [-0.4, -0.2) is 33.6 Å². The Morgan fingerprint density at radius 3 is 2.94 bits per heavy atom. The van der Waals surface area contributed by atoms with Gasteiger partial charge in [-0.2, -0.15) is 18.3 Å². The molecule has 5 rings (SSSR count). The highest BCUT2D eigenvalue weighted by atomic mass is 35.5. The van der Waals surface area contributed by atoms with Crippen LogP contribution < -0.4 is 10.9 Å². The number of alkyl halides is 3. The first kappa shape index (κ1) is 22.1. The van der Waals surface area contributed by atoms with Gasteiger partial charge in [0.05, 0.1) is 30.4 Å². The summed E-state index contributed by atoms with van der Waals surface area (Å²) in [4.78, 5) is 17.7. The number of nitrogens with one attached hydrogen (secondary N) is 1. The van der Waals surface area contributed by atoms with Crippen molar-refractivity contribution in [1.29, 1.82) is 0 Å². The average Bonchev–Trinajstić information content (AvgIpc) is 3.16. The van der Waals surface area contributed by atoms with E-state index in [-0.39, 0.29) is 17.4 Å². The normalized spacial score (nSPS) is 19.3. The summed E-state index contributed by atoms with van der Waals surface area (Å²) in [5.74, 6) is 2.86. The molecule has 10 heteroatoms. The largest absolute Gasteiger partial charge is 0.393 e. The molecule has 0 fully saturated rings. The smallest absolute Gasteiger partial charge is 0.384 e. The summed E-state index contributed by atoms with van der Waals surface area (Å²) in [6.45, 7) is 1.14. The molecule has 4 heterocycles. The molecule has 0 spiro atoms. The first-order valence-corrected chi connectivity index (χ1v) is 11.7. The lowest BCUT2D eigenvalue weighted by molar-refractivity contribution is -0.127. The van der Waals surface area contributed by atoms with Gasteiger partial charge in [0.1, 0.15) is 0 Å². The van der Waals surface area contributed by atoms with Crippen LogP contribution in [0.2, 0.25) is 5.02 Å². The van der Waals surface area contributed by atoms with E-state index in [2.05, 4.69) is 27.0 Å². The number of anilines is 1. The van der Waals surface area contributed by atoms with Gasteiger partial charge in [0.15, 0.2) is 0 Å². The predicted molar refractivity (Wildman–Crippen MR) is 124 cm³/mol. The summed E-state index contributed by atoms with van der Waals surface area (Å²) in [5, 5.41) is 8.05. The van der Waals surface area contributed by atoms with Crippen molar-refractivity contribution in [3.8, 4) is 0 Å². The first-order chi connectivity index (χ1) is 15.8. The molecule has 0 saturated carbocycles. The quantitative estimate of drug-likeness (QED) is 0.613. The number of aryl methyl sites for hydroxylation is 1. The molecule has 0 saturated heterocycles. The number of aliphatic imine (C=N–C) groups is 1. The zero-order valence-electron chi connectivity index (χ0n) is 17.3. The van der Waals surface area contributed by atoms with Gasteiger partial charge in [-0.15, -0.1) is 11.8 Å². The van der Waals surface area contributed by atoms with Crippen LogP contribution in [0.15, 0.2) is 50.5 Å². The van der Waals surface area contributed by atoms with Crippen molar-refractivity contribution in [2.45, 2.75) is 43.7 Å². The number of thioether (sulfide) groups is 1. The van der Waals surface area contributed by atoms with E-state index in [1.54, 1.807) is 11.8 Å². The highest BCUT2D eigenvalue weighted by Gasteiger charge is 2.32. The summed E-state index contributed by atoms with van der Waals surface area (Å²) in [6, 6.07) is 4.90. The van der Waals surface area contributed by atoms with E-state index in [1.165, 1.54) is 4.68 Å². The predicted octanol–water partition coefficient (Wildman–Crippen LogP) is 5.00. The van der Waals surface area contributed by atoms with Crippen molar-refractivity contribution in [2.24, 2.45) is 4.99 Å². The third-order valence-corrected chi connectivity index (χ3v) is 7.20. The molecule has 33 heavy (non-hydrogen) atoms. The summed E-state index contributed by atoms with van der Waals surface area (Å²) >= 11 is 7.97. The van der Waals surface area contributed by atoms with Crippen LogP contribution in [0.1, 0.15) is 29.5 Å². The summed E-state index contributed by atoms with van der Waals surface area (Å²) < 4.78 is 39.0. The molecule has 0 amide bonds. The monoisotopic (exact) mass is 490 g/mol. The molecule has 1 aromatic heterocycles. The minimum atomic E-state index is -4.38. The average molecular weight is 491 g/mol. The molecule has 1 unspecified atom stereocenters. The van der Waals surface area contributed by atoms with Crippen molar-refractivity contribution in [2.75, 3.05) is 11.9 Å². The number of aromatic nitrogens is 2. The molecule has 3 aliphatic rings. The Bertz CT molecular complexity index is 1330. The number of nitrogens with zero attached hydrogens (tertiary/aromatic N) is 3. The number of benzene rings is 1. The van der Waals surface area contributed by atoms with Crippen molar-refractivity contribution >= 4 is 40.5 Å². The minimum Gasteiger partial charge on any atom is -0.384 e. The summed E-state index contributed by atoms with van der Waals surface area (Å²) in [7, 11) is 0. The second-order valence-electron chi connectivity index (χ2n) is 8.14. The summed E-state index contributed by atoms with van der Waals surface area (Å²) in [5.41, 5.74) is 7.33. The lowest BCUT2D eigenvalue weighted by Crippen LogP contribution is -2.27. The van der Waals surface area contributed by atoms with Crippen molar-refractivity contribution in [1.82, 2.24) is 9.78 Å². The molecule has 170 valence electrons. The van der Waals surface area contributed by atoms with E-state index in [1.807, 2.05) is 12.1 Å². The van der Waals surface area contributed by atoms with E-state index in [4.69, 9.17) is 11.6 Å². The number of hydrogen-bond donors (Lipinski definition) is 1. The minimum absolute atomic E-state index is 0.0444. The lowest BCUT2D eigenvalue weighted by atomic mass is 9.94. The zero-order chi connectivity index (χ0) is 23.2. The van der Waals surface area contributed by atoms with Crippen LogP contribution >= 0.6 is 23.4 Å². The van der Waals surface area contributed by atoms with Gasteiger partial charge in [-0.25, -0.2) is 9.67 Å². The molecular formula is C23H18ClF3N4OS. The second kappa shape index (κ2) is 8.58. The van der Waals surface area contributed by atoms with Crippen LogP contribution in [0.25, 0.3) is 5.57 Å². The Morgan fingerprint density at radius 2 is 2.15 bits per heavy atom. The van der Waals surface area contributed by atoms with Crippen LogP contribution in [0, 0.1) is 0 Å². The molecule has 3 aliphatic heterocycles. The third-order valence-electron chi connectivity index (χ3n) is 5.65. The van der Waals surface area contributed by atoms with Crippen LogP contribution in [-0.2, 0) is 19.4 Å². The van der Waals surface area contributed by atoms with Gasteiger partial charge < -0.3 is 5.32 Å². The fraction of sp³-hybridized carbons (Fsp3) is 0.348. The van der Waals surface area contributed by atoms with Gasteiger partial charge in [0.25, 0.3) is 5.56 Å². The fourth-order valence-corrected chi connectivity index (χ4v) is 5.85. The maximum Gasteiger partial charge on any atom is 0.393 e. The molecule has 0 radical (unpaired) electrons. The number of rotatable bonds is 4. The topological polar surface area (TPSA) is 59.3 Å². The van der Waals surface area contributed by atoms with Gasteiger partial charge in [0.2, 0.25) is 0 Å². The van der Waals surface area contributed by atoms with Gasteiger partial charge in [0, 0.05) is 51.3 Å². The Balaban J connectivity index is 1.37. The van der Waals surface area contributed by atoms with E-state index in [0.29, 0.717) is 11.4 Å². The van der Waals surface area contributed by atoms with Gasteiger partial charge in [-0.05, 0) is 41.8 Å². The standard InChI is InChI=1S/C23H18ClF3N4OS/c24-15-7-14-2-1-4-29-21(14)18(8-15)17-3-5-28-19-9-16(33-22(17)19)12-31-20(32)6-13(11-30-31)10-23(25,26)27/h6-8,11,16,29H,1-2,4,9-10,12H2. The maximum absolute atomic E-state index is 12.6. The number of allylic oxidation sites excluding steroid dienone is 2. The fourth-order valence-electron chi connectivity index (χ4n) is 4.27. The van der Waals surface area contributed by atoms with Crippen molar-refractivity contribution in [3.05, 3.63) is 72.8 Å². The van der Waals surface area contributed by atoms with Crippen LogP contribution in [0.3, 0.4) is 0 Å². The van der Waals surface area contributed by atoms with Crippen molar-refractivity contribution < 1.29 is 13.2 Å². The van der Waals surface area contributed by atoms with E-state index < -0.39 is 18.2 Å². The second-order valence-corrected chi connectivity index (χ2v) is 9.88. The lowest BCUT2D eigenvalue weighted by Gasteiger charge is -2.23. The molecule has 0 bridgehead atoms. The Morgan fingerprint density at radius 1 is 1.30 bits per heavy atom. The highest BCUT2D eigenvalue weighted by Crippen LogP contribution is 2.48. The Hall–Kier alpha value is -2.70. The molecule has 1 aromatic carbocycles. The maximum atomic E-state index is 12.6. The number of hydrogen-bond acceptors (Lipinski definition) is 5. The van der Waals surface area contributed by atoms with Gasteiger partial charge >= 0.3 is 6.18 Å². The number of fused-ring (bicyclic) bond motifs is 1. The zero-order valence-corrected chi connectivity index (χ0v) is 18.9. The third kappa shape index (κ3) is 4.68. The van der Waals surface area contributed by atoms with Gasteiger partial charge in [-0.3, -0.25) is 4.79 Å². The van der Waals surface area contributed by atoms with E-state index >= 15 is 0 Å². The van der Waals surface area contributed by atoms with E-state index in [0.717, 1.165) is 64.6 Å². The first-order valence-electron chi connectivity index (χ1n) is 10.5. The Kier molecular flexibility index (Phi) is 5.75. The highest BCUT2D eigenvalue weighted by molar-refractivity contribution is 8.04.